The fourth-order valence-corrected chi connectivity index (χ4v) is 5.97. The van der Waals surface area contributed by atoms with Gasteiger partial charge in [0.1, 0.15) is 5.78 Å². The van der Waals surface area contributed by atoms with Crippen LogP contribution >= 0.6 is 0 Å². The average molecular weight is 364 g/mol. The molecule has 2 saturated carbocycles. The standard InChI is InChI=1S/C17H20N2O5S/c1-16(2)13-6-7-17(16,15(20)9-13)11-25(23,24)18-10-12-4-3-5-14(8-12)19(21)22/h3-5,8,10,13H,6-7,9,11H2,1-2H3/b18-10+. The van der Waals surface area contributed by atoms with E-state index in [0.717, 1.165) is 12.6 Å². The SMILES string of the molecule is CC1(C)C2CCC1(CS(=O)(=O)/N=C/c1cccc([N+](=O)[O-])c1)C(=O)C2. The molecule has 1 aromatic carbocycles. The van der Waals surface area contributed by atoms with Gasteiger partial charge in [0.25, 0.3) is 15.7 Å². The van der Waals surface area contributed by atoms with E-state index in [9.17, 15) is 23.3 Å². The van der Waals surface area contributed by atoms with Crippen LogP contribution < -0.4 is 0 Å². The predicted octanol–water partition coefficient (Wildman–Crippen LogP) is 2.74. The van der Waals surface area contributed by atoms with Gasteiger partial charge in [-0.1, -0.05) is 26.0 Å². The first kappa shape index (κ1) is 17.7. The zero-order valence-corrected chi connectivity index (χ0v) is 15.0. The van der Waals surface area contributed by atoms with E-state index < -0.39 is 20.4 Å². The Balaban J connectivity index is 1.85. The monoisotopic (exact) mass is 364 g/mol. The van der Waals surface area contributed by atoms with E-state index >= 15 is 0 Å². The maximum Gasteiger partial charge on any atom is 0.270 e. The van der Waals surface area contributed by atoms with Crippen LogP contribution in [0, 0.1) is 26.9 Å². The van der Waals surface area contributed by atoms with Gasteiger partial charge in [0.15, 0.2) is 0 Å². The highest BCUT2D eigenvalue weighted by Crippen LogP contribution is 2.64. The fraction of sp³-hybridized carbons (Fsp3) is 0.529. The number of hydrogen-bond donors (Lipinski definition) is 0. The number of rotatable bonds is 5. The van der Waals surface area contributed by atoms with Crippen molar-refractivity contribution in [3.8, 4) is 0 Å². The molecule has 0 amide bonds. The summed E-state index contributed by atoms with van der Waals surface area (Å²) in [6, 6.07) is 5.59. The summed E-state index contributed by atoms with van der Waals surface area (Å²) in [6.07, 6.45) is 2.99. The Kier molecular flexibility index (Phi) is 4.06. The van der Waals surface area contributed by atoms with Crippen molar-refractivity contribution in [3.05, 3.63) is 39.9 Å². The number of carbonyl (C=O) groups excluding carboxylic acids is 1. The Morgan fingerprint density at radius 2 is 2.12 bits per heavy atom. The van der Waals surface area contributed by atoms with Crippen LogP contribution in [0.5, 0.6) is 0 Å². The summed E-state index contributed by atoms with van der Waals surface area (Å²) >= 11 is 0. The zero-order valence-electron chi connectivity index (χ0n) is 14.1. The number of nitrogens with zero attached hydrogens (tertiary/aromatic N) is 2. The maximum atomic E-state index is 12.5. The molecular formula is C17H20N2O5S. The Morgan fingerprint density at radius 3 is 2.68 bits per heavy atom. The minimum absolute atomic E-state index is 0.0165. The number of ketones is 1. The second-order valence-corrected chi connectivity index (χ2v) is 9.14. The number of benzene rings is 1. The number of hydrogen-bond acceptors (Lipinski definition) is 5. The van der Waals surface area contributed by atoms with Gasteiger partial charge in [0.2, 0.25) is 0 Å². The molecule has 2 unspecified atom stereocenters. The first-order valence-corrected chi connectivity index (χ1v) is 9.74. The molecule has 0 N–H and O–H groups in total. The van der Waals surface area contributed by atoms with Crippen LogP contribution in [-0.2, 0) is 14.8 Å². The predicted molar refractivity (Wildman–Crippen MR) is 93.0 cm³/mol. The Morgan fingerprint density at radius 1 is 1.40 bits per heavy atom. The molecule has 2 bridgehead atoms. The van der Waals surface area contributed by atoms with Crippen LogP contribution in [0.3, 0.4) is 0 Å². The molecule has 8 heteroatoms. The van der Waals surface area contributed by atoms with Gasteiger partial charge in [-0.2, -0.15) is 4.40 Å². The van der Waals surface area contributed by atoms with Gasteiger partial charge in [-0.05, 0) is 24.2 Å². The average Bonchev–Trinajstić information content (AvgIpc) is 2.87. The van der Waals surface area contributed by atoms with Gasteiger partial charge in [0.05, 0.1) is 16.1 Å². The van der Waals surface area contributed by atoms with E-state index in [1.807, 2.05) is 13.8 Å². The minimum Gasteiger partial charge on any atom is -0.299 e. The lowest BCUT2D eigenvalue weighted by Crippen LogP contribution is -2.41. The highest BCUT2D eigenvalue weighted by Gasteiger charge is 2.65. The Hall–Kier alpha value is -2.09. The largest absolute Gasteiger partial charge is 0.299 e. The summed E-state index contributed by atoms with van der Waals surface area (Å²) in [6.45, 7) is 3.94. The normalized spacial score (nSPS) is 27.9. The van der Waals surface area contributed by atoms with Gasteiger partial charge in [0, 0.05) is 30.3 Å². The molecule has 0 saturated heterocycles. The minimum atomic E-state index is -3.87. The molecule has 25 heavy (non-hydrogen) atoms. The fourth-order valence-electron chi connectivity index (χ4n) is 4.32. The van der Waals surface area contributed by atoms with Crippen LogP contribution in [0.25, 0.3) is 0 Å². The maximum absolute atomic E-state index is 12.5. The van der Waals surface area contributed by atoms with Gasteiger partial charge >= 0.3 is 0 Å². The van der Waals surface area contributed by atoms with Crippen molar-refractivity contribution in [1.29, 1.82) is 0 Å². The Labute approximate surface area is 146 Å². The van der Waals surface area contributed by atoms with E-state index in [1.165, 1.54) is 18.2 Å². The number of nitro benzene ring substituents is 1. The molecule has 0 aromatic heterocycles. The summed E-state index contributed by atoms with van der Waals surface area (Å²) in [5.41, 5.74) is -1.02. The molecule has 2 atom stereocenters. The summed E-state index contributed by atoms with van der Waals surface area (Å²) < 4.78 is 28.7. The van der Waals surface area contributed by atoms with Gasteiger partial charge in [-0.25, -0.2) is 8.42 Å². The topological polar surface area (TPSA) is 107 Å². The highest BCUT2D eigenvalue weighted by molar-refractivity contribution is 7.90. The number of sulfonamides is 1. The van der Waals surface area contributed by atoms with Gasteiger partial charge in [-0.15, -0.1) is 0 Å². The molecular weight excluding hydrogens is 344 g/mol. The lowest BCUT2D eigenvalue weighted by atomic mass is 9.70. The lowest BCUT2D eigenvalue weighted by Gasteiger charge is -2.35. The van der Waals surface area contributed by atoms with Gasteiger partial charge in [-0.3, -0.25) is 14.9 Å². The van der Waals surface area contributed by atoms with Crippen molar-refractivity contribution >= 4 is 27.7 Å². The molecule has 0 spiro atoms. The summed E-state index contributed by atoms with van der Waals surface area (Å²) in [5, 5.41) is 10.8. The van der Waals surface area contributed by atoms with Crippen molar-refractivity contribution in [2.45, 2.75) is 33.1 Å². The highest BCUT2D eigenvalue weighted by atomic mass is 32.2. The smallest absolute Gasteiger partial charge is 0.270 e. The molecule has 0 radical (unpaired) electrons. The number of carbonyl (C=O) groups is 1. The summed E-state index contributed by atoms with van der Waals surface area (Å²) in [7, 11) is -3.87. The van der Waals surface area contributed by atoms with Crippen LogP contribution in [0.15, 0.2) is 28.7 Å². The molecule has 2 aliphatic carbocycles. The van der Waals surface area contributed by atoms with E-state index in [1.54, 1.807) is 6.07 Å². The number of non-ortho nitro benzene ring substituents is 1. The van der Waals surface area contributed by atoms with E-state index in [4.69, 9.17) is 0 Å². The third-order valence-electron chi connectivity index (χ3n) is 6.01. The molecule has 2 fully saturated rings. The van der Waals surface area contributed by atoms with E-state index in [2.05, 4.69) is 4.40 Å². The number of nitro groups is 1. The first-order valence-electron chi connectivity index (χ1n) is 8.13. The van der Waals surface area contributed by atoms with Crippen LogP contribution in [0.4, 0.5) is 5.69 Å². The first-order chi connectivity index (χ1) is 11.6. The third-order valence-corrected chi connectivity index (χ3v) is 7.30. The van der Waals surface area contributed by atoms with Gasteiger partial charge < -0.3 is 0 Å². The molecule has 0 heterocycles. The molecule has 2 aliphatic rings. The van der Waals surface area contributed by atoms with Crippen LogP contribution in [0.2, 0.25) is 0 Å². The van der Waals surface area contributed by atoms with Crippen LogP contribution in [0.1, 0.15) is 38.7 Å². The van der Waals surface area contributed by atoms with Crippen molar-refractivity contribution in [1.82, 2.24) is 0 Å². The summed E-state index contributed by atoms with van der Waals surface area (Å²) in [4.78, 5) is 22.7. The molecule has 0 aliphatic heterocycles. The van der Waals surface area contributed by atoms with Crippen LogP contribution in [-0.4, -0.2) is 31.1 Å². The third kappa shape index (κ3) is 2.88. The second kappa shape index (κ2) is 5.72. The van der Waals surface area contributed by atoms with Crippen molar-refractivity contribution < 1.29 is 18.1 Å². The van der Waals surface area contributed by atoms with Crippen molar-refractivity contribution in [3.63, 3.8) is 0 Å². The number of fused-ring (bicyclic) bond motifs is 2. The zero-order chi connectivity index (χ0) is 18.5. The lowest BCUT2D eigenvalue weighted by molar-refractivity contribution is -0.384. The molecule has 1 aromatic rings. The molecule has 7 nitrogen and oxygen atoms in total. The number of Topliss-reactive ketones (excluding diaryl/α,β-unsaturated/α-hetero) is 1. The van der Waals surface area contributed by atoms with Crippen molar-refractivity contribution in [2.75, 3.05) is 5.75 Å². The second-order valence-electron chi connectivity index (χ2n) is 7.48. The molecule has 3 rings (SSSR count). The van der Waals surface area contributed by atoms with E-state index in [0.29, 0.717) is 18.4 Å². The quantitative estimate of drug-likeness (QED) is 0.453. The van der Waals surface area contributed by atoms with E-state index in [-0.39, 0.29) is 28.6 Å². The summed E-state index contributed by atoms with van der Waals surface area (Å²) in [5.74, 6) is -0.0489. The van der Waals surface area contributed by atoms with Crippen molar-refractivity contribution in [2.24, 2.45) is 21.1 Å². The Bertz CT molecular complexity index is 875. The molecule has 134 valence electrons.